The number of ketones is 1. The first kappa shape index (κ1) is 26.8. The van der Waals surface area contributed by atoms with Crippen molar-refractivity contribution in [2.75, 3.05) is 14.2 Å². The van der Waals surface area contributed by atoms with Crippen molar-refractivity contribution in [1.29, 1.82) is 0 Å². The summed E-state index contributed by atoms with van der Waals surface area (Å²) in [6.07, 6.45) is -12.0. The predicted molar refractivity (Wildman–Crippen MR) is 122 cm³/mol. The van der Waals surface area contributed by atoms with Crippen molar-refractivity contribution in [2.45, 2.75) is 18.5 Å². The van der Waals surface area contributed by atoms with Crippen molar-refractivity contribution >= 4 is 27.3 Å². The summed E-state index contributed by atoms with van der Waals surface area (Å²) in [5.41, 5.74) is -0.527. The van der Waals surface area contributed by atoms with Gasteiger partial charge in [0, 0.05) is 5.56 Å². The molecule has 190 valence electrons. The van der Waals surface area contributed by atoms with Crippen molar-refractivity contribution in [3.63, 3.8) is 0 Å². The van der Waals surface area contributed by atoms with E-state index in [2.05, 4.69) is 0 Å². The second kappa shape index (κ2) is 10.4. The highest BCUT2D eigenvalue weighted by molar-refractivity contribution is 6.03. The molecule has 0 aromatic heterocycles. The SMILES string of the molecule is COc1ccc2cc(C(=O)C(F)(F)F)ccc2c1.COc1ccc2cc(C(O)C(F)(F)F)ccc2c1. The molecule has 0 fully saturated rings. The van der Waals surface area contributed by atoms with E-state index in [9.17, 15) is 31.1 Å². The van der Waals surface area contributed by atoms with Crippen LogP contribution < -0.4 is 9.47 Å². The van der Waals surface area contributed by atoms with Crippen LogP contribution in [0.5, 0.6) is 11.5 Å². The third-order valence-electron chi connectivity index (χ3n) is 5.26. The molecule has 0 aliphatic heterocycles. The van der Waals surface area contributed by atoms with Crippen LogP contribution in [0.3, 0.4) is 0 Å². The lowest BCUT2D eigenvalue weighted by Crippen LogP contribution is -2.22. The molecule has 4 nitrogen and oxygen atoms in total. The van der Waals surface area contributed by atoms with Gasteiger partial charge in [-0.15, -0.1) is 0 Å². The molecule has 0 saturated heterocycles. The summed E-state index contributed by atoms with van der Waals surface area (Å²) in [4.78, 5) is 11.1. The smallest absolute Gasteiger partial charge is 0.454 e. The maximum atomic E-state index is 12.4. The zero-order chi connectivity index (χ0) is 26.7. The van der Waals surface area contributed by atoms with E-state index in [1.54, 1.807) is 36.4 Å². The molecular weight excluding hydrogens is 490 g/mol. The Kier molecular flexibility index (Phi) is 7.78. The molecule has 1 unspecified atom stereocenters. The first-order valence-electron chi connectivity index (χ1n) is 10.4. The zero-order valence-electron chi connectivity index (χ0n) is 18.9. The number of carbonyl (C=O) groups is 1. The number of carbonyl (C=O) groups excluding carboxylic acids is 1. The number of halogens is 6. The molecule has 0 bridgehead atoms. The highest BCUT2D eigenvalue weighted by Crippen LogP contribution is 2.34. The minimum Gasteiger partial charge on any atom is -0.497 e. The molecule has 0 aliphatic rings. The molecule has 0 heterocycles. The Balaban J connectivity index is 0.000000201. The van der Waals surface area contributed by atoms with Crippen molar-refractivity contribution in [3.05, 3.63) is 83.9 Å². The van der Waals surface area contributed by atoms with E-state index in [4.69, 9.17) is 14.6 Å². The maximum Gasteiger partial charge on any atom is 0.454 e. The number of alkyl halides is 6. The molecule has 0 amide bonds. The van der Waals surface area contributed by atoms with E-state index < -0.39 is 24.2 Å². The second-order valence-corrected chi connectivity index (χ2v) is 7.67. The van der Waals surface area contributed by atoms with E-state index in [0.29, 0.717) is 27.7 Å². The van der Waals surface area contributed by atoms with Crippen LogP contribution in [0.1, 0.15) is 22.0 Å². The van der Waals surface area contributed by atoms with Gasteiger partial charge in [-0.05, 0) is 63.5 Å². The molecular formula is C26H20F6O4. The fourth-order valence-electron chi connectivity index (χ4n) is 3.38. The Morgan fingerprint density at radius 3 is 1.61 bits per heavy atom. The van der Waals surface area contributed by atoms with E-state index in [1.165, 1.54) is 44.6 Å². The number of hydrogen-bond acceptors (Lipinski definition) is 4. The summed E-state index contributed by atoms with van der Waals surface area (Å²) < 4.78 is 84.0. The van der Waals surface area contributed by atoms with Crippen molar-refractivity contribution in [1.82, 2.24) is 0 Å². The molecule has 0 saturated carbocycles. The summed E-state index contributed by atoms with van der Waals surface area (Å²) in [5.74, 6) is -0.593. The maximum absolute atomic E-state index is 12.4. The highest BCUT2D eigenvalue weighted by Gasteiger charge is 2.40. The lowest BCUT2D eigenvalue weighted by atomic mass is 10.0. The van der Waals surface area contributed by atoms with Gasteiger partial charge < -0.3 is 14.6 Å². The topological polar surface area (TPSA) is 55.8 Å². The molecule has 0 aliphatic carbocycles. The van der Waals surface area contributed by atoms with Crippen LogP contribution in [0, 0.1) is 0 Å². The first-order chi connectivity index (χ1) is 16.8. The first-order valence-corrected chi connectivity index (χ1v) is 10.4. The molecule has 4 aromatic rings. The van der Waals surface area contributed by atoms with Crippen LogP contribution in [0.15, 0.2) is 72.8 Å². The van der Waals surface area contributed by atoms with Gasteiger partial charge in [0.1, 0.15) is 11.5 Å². The summed E-state index contributed by atoms with van der Waals surface area (Å²) >= 11 is 0. The number of fused-ring (bicyclic) bond motifs is 2. The molecule has 4 aromatic carbocycles. The van der Waals surface area contributed by atoms with Crippen molar-refractivity contribution in [3.8, 4) is 11.5 Å². The average Bonchev–Trinajstić information content (AvgIpc) is 2.85. The lowest BCUT2D eigenvalue weighted by Gasteiger charge is -2.15. The standard InChI is InChI=1S/C13H11F3O2.C13H9F3O2/c2*1-18-11-5-4-8-6-10(3-2-9(8)7-11)12(17)13(14,15)16/h2-7,12,17H,1H3;2-7H,1H3. The molecule has 4 rings (SSSR count). The van der Waals surface area contributed by atoms with E-state index in [1.807, 2.05) is 0 Å². The molecule has 0 radical (unpaired) electrons. The molecule has 1 atom stereocenters. The van der Waals surface area contributed by atoms with Crippen LogP contribution >= 0.6 is 0 Å². The van der Waals surface area contributed by atoms with Gasteiger partial charge in [0.05, 0.1) is 14.2 Å². The Morgan fingerprint density at radius 1 is 0.694 bits per heavy atom. The number of rotatable bonds is 4. The van der Waals surface area contributed by atoms with Crippen LogP contribution in [0.25, 0.3) is 21.5 Å². The van der Waals surface area contributed by atoms with Gasteiger partial charge in [-0.1, -0.05) is 36.4 Å². The summed E-state index contributed by atoms with van der Waals surface area (Å²) in [7, 11) is 3.02. The van der Waals surface area contributed by atoms with Crippen LogP contribution in [-0.2, 0) is 0 Å². The van der Waals surface area contributed by atoms with Gasteiger partial charge >= 0.3 is 12.4 Å². The van der Waals surface area contributed by atoms with Crippen LogP contribution in [0.2, 0.25) is 0 Å². The minimum absolute atomic E-state index is 0.167. The van der Waals surface area contributed by atoms with Gasteiger partial charge in [0.15, 0.2) is 6.10 Å². The molecule has 10 heteroatoms. The van der Waals surface area contributed by atoms with Gasteiger partial charge in [0.25, 0.3) is 5.78 Å². The Morgan fingerprint density at radius 2 is 1.14 bits per heavy atom. The number of ether oxygens (including phenoxy) is 2. The number of aliphatic hydroxyl groups is 1. The van der Waals surface area contributed by atoms with Crippen molar-refractivity contribution in [2.24, 2.45) is 0 Å². The zero-order valence-corrected chi connectivity index (χ0v) is 18.9. The number of hydrogen-bond donors (Lipinski definition) is 1. The average molecular weight is 510 g/mol. The van der Waals surface area contributed by atoms with E-state index in [0.717, 1.165) is 11.5 Å². The normalized spacial score (nSPS) is 12.6. The van der Waals surface area contributed by atoms with Gasteiger partial charge in [0.2, 0.25) is 0 Å². The number of benzene rings is 4. The fourth-order valence-corrected chi connectivity index (χ4v) is 3.38. The third kappa shape index (κ3) is 6.25. The predicted octanol–water partition coefficient (Wildman–Crippen LogP) is 7.04. The summed E-state index contributed by atoms with van der Waals surface area (Å²) in [6.45, 7) is 0. The highest BCUT2D eigenvalue weighted by atomic mass is 19.4. The minimum atomic E-state index is -4.85. The van der Waals surface area contributed by atoms with Crippen LogP contribution in [0.4, 0.5) is 26.3 Å². The Bertz CT molecular complexity index is 1380. The summed E-state index contributed by atoms with van der Waals surface area (Å²) in [6, 6.07) is 17.9. The number of Topliss-reactive ketones (excluding diaryl/α,β-unsaturated/α-hetero) is 1. The fraction of sp³-hybridized carbons (Fsp3) is 0.192. The Labute approximate surface area is 201 Å². The third-order valence-corrected chi connectivity index (χ3v) is 5.26. The van der Waals surface area contributed by atoms with E-state index >= 15 is 0 Å². The molecule has 0 spiro atoms. The largest absolute Gasteiger partial charge is 0.497 e. The number of methoxy groups -OCH3 is 2. The van der Waals surface area contributed by atoms with Gasteiger partial charge in [-0.3, -0.25) is 4.79 Å². The number of aliphatic hydroxyl groups excluding tert-OH is 1. The second-order valence-electron chi connectivity index (χ2n) is 7.67. The van der Waals surface area contributed by atoms with Gasteiger partial charge in [-0.2, -0.15) is 26.3 Å². The monoisotopic (exact) mass is 510 g/mol. The van der Waals surface area contributed by atoms with E-state index in [-0.39, 0.29) is 11.1 Å². The molecule has 36 heavy (non-hydrogen) atoms. The Hall–Kier alpha value is -3.79. The lowest BCUT2D eigenvalue weighted by molar-refractivity contribution is -0.206. The van der Waals surface area contributed by atoms with Crippen molar-refractivity contribution < 1.29 is 45.7 Å². The summed E-state index contributed by atoms with van der Waals surface area (Å²) in [5, 5.41) is 11.8. The van der Waals surface area contributed by atoms with Crippen LogP contribution in [-0.4, -0.2) is 37.5 Å². The molecule has 1 N–H and O–H groups in total. The van der Waals surface area contributed by atoms with Gasteiger partial charge in [-0.25, -0.2) is 0 Å². The quantitative estimate of drug-likeness (QED) is 0.236.